The summed E-state index contributed by atoms with van der Waals surface area (Å²) in [5.41, 5.74) is 2.70. The maximum Gasteiger partial charge on any atom is 0.263 e. The maximum atomic E-state index is 13.4. The molecule has 1 aliphatic carbocycles. The van der Waals surface area contributed by atoms with Crippen LogP contribution in [0.15, 0.2) is 29.3 Å². The number of aryl methyl sites for hydroxylation is 1. The van der Waals surface area contributed by atoms with E-state index in [4.69, 9.17) is 4.98 Å². The van der Waals surface area contributed by atoms with Crippen LogP contribution in [0.2, 0.25) is 0 Å². The molecule has 0 radical (unpaired) electrons. The van der Waals surface area contributed by atoms with E-state index >= 15 is 0 Å². The number of aromatic nitrogens is 4. The fourth-order valence-electron chi connectivity index (χ4n) is 6.07. The van der Waals surface area contributed by atoms with Gasteiger partial charge in [0.2, 0.25) is 5.95 Å². The van der Waals surface area contributed by atoms with Crippen LogP contribution in [0.1, 0.15) is 88.2 Å². The second kappa shape index (κ2) is 9.88. The number of ketones is 1. The van der Waals surface area contributed by atoms with Crippen LogP contribution in [0.3, 0.4) is 0 Å². The van der Waals surface area contributed by atoms with Crippen LogP contribution >= 0.6 is 0 Å². The van der Waals surface area contributed by atoms with E-state index < -0.39 is 0 Å². The zero-order valence-electron chi connectivity index (χ0n) is 22.7. The minimum atomic E-state index is -0.244. The molecule has 0 atom stereocenters. The van der Waals surface area contributed by atoms with Crippen LogP contribution < -0.4 is 15.8 Å². The smallest absolute Gasteiger partial charge is 0.263 e. The number of hydrogen-bond acceptors (Lipinski definition) is 7. The lowest BCUT2D eigenvalue weighted by Crippen LogP contribution is -2.38. The molecule has 1 saturated carbocycles. The van der Waals surface area contributed by atoms with Crippen molar-refractivity contribution in [3.8, 4) is 0 Å². The summed E-state index contributed by atoms with van der Waals surface area (Å²) in [5, 5.41) is 3.95. The van der Waals surface area contributed by atoms with Crippen molar-refractivity contribution in [1.29, 1.82) is 0 Å². The van der Waals surface area contributed by atoms with Gasteiger partial charge in [-0.15, -0.1) is 0 Å². The molecule has 0 unspecified atom stereocenters. The standard InChI is InChI=1S/C29H38N6O2/c1-18-23-17-31-28(33-26(23)35(21-8-6-7-9-21)27(37)25(18)19(2)36)32-24-11-10-22(16-30-24)34-14-12-20(13-15-34)29(3,4)5/h10-11,16-17,20-21H,6-9,12-15H2,1-5H3,(H,30,31,32,33). The highest BCUT2D eigenvalue weighted by molar-refractivity contribution is 5.99. The lowest BCUT2D eigenvalue weighted by atomic mass is 9.75. The van der Waals surface area contributed by atoms with Crippen LogP contribution in [-0.2, 0) is 0 Å². The largest absolute Gasteiger partial charge is 0.370 e. The molecule has 8 nitrogen and oxygen atoms in total. The highest BCUT2D eigenvalue weighted by atomic mass is 16.1. The first-order chi connectivity index (χ1) is 17.6. The number of pyridine rings is 2. The van der Waals surface area contributed by atoms with Crippen molar-refractivity contribution in [2.75, 3.05) is 23.3 Å². The minimum Gasteiger partial charge on any atom is -0.370 e. The van der Waals surface area contributed by atoms with Crippen LogP contribution in [-0.4, -0.2) is 38.4 Å². The maximum absolute atomic E-state index is 13.4. The van der Waals surface area contributed by atoms with E-state index in [0.717, 1.165) is 55.8 Å². The quantitative estimate of drug-likeness (QED) is 0.440. The van der Waals surface area contributed by atoms with Crippen molar-refractivity contribution in [2.45, 2.75) is 79.2 Å². The van der Waals surface area contributed by atoms with E-state index in [1.165, 1.54) is 19.8 Å². The van der Waals surface area contributed by atoms with Gasteiger partial charge in [0.15, 0.2) is 5.78 Å². The molecular formula is C29H38N6O2. The Kier molecular flexibility index (Phi) is 6.77. The van der Waals surface area contributed by atoms with Gasteiger partial charge in [0, 0.05) is 30.7 Å². The molecule has 8 heteroatoms. The van der Waals surface area contributed by atoms with Crippen LogP contribution in [0.4, 0.5) is 17.5 Å². The molecule has 2 aliphatic rings. The summed E-state index contributed by atoms with van der Waals surface area (Å²) in [5.74, 6) is 1.57. The highest BCUT2D eigenvalue weighted by Crippen LogP contribution is 2.36. The van der Waals surface area contributed by atoms with Gasteiger partial charge in [-0.1, -0.05) is 33.6 Å². The van der Waals surface area contributed by atoms with Crippen molar-refractivity contribution >= 4 is 34.3 Å². The SMILES string of the molecule is CC(=O)c1c(C)c2cnc(Nc3ccc(N4CCC(C(C)(C)C)CC4)cn3)nc2n(C2CCCC2)c1=O. The summed E-state index contributed by atoms with van der Waals surface area (Å²) in [6, 6.07) is 4.09. The van der Waals surface area contributed by atoms with Crippen molar-refractivity contribution in [1.82, 2.24) is 19.5 Å². The van der Waals surface area contributed by atoms with E-state index in [1.807, 2.05) is 12.3 Å². The highest BCUT2D eigenvalue weighted by Gasteiger charge is 2.29. The lowest BCUT2D eigenvalue weighted by molar-refractivity contribution is 0.101. The van der Waals surface area contributed by atoms with Gasteiger partial charge in [0.05, 0.1) is 17.4 Å². The molecule has 196 valence electrons. The third kappa shape index (κ3) is 4.98. The Morgan fingerprint density at radius 1 is 1.03 bits per heavy atom. The zero-order valence-corrected chi connectivity index (χ0v) is 22.7. The average molecular weight is 503 g/mol. The third-order valence-corrected chi connectivity index (χ3v) is 8.32. The summed E-state index contributed by atoms with van der Waals surface area (Å²) in [4.78, 5) is 42.0. The Balaban J connectivity index is 1.40. The number of nitrogens with one attached hydrogen (secondary N) is 1. The Labute approximate surface area is 218 Å². The van der Waals surface area contributed by atoms with Crippen molar-refractivity contribution in [2.24, 2.45) is 11.3 Å². The molecule has 0 aromatic carbocycles. The number of fused-ring (bicyclic) bond motifs is 1. The molecule has 37 heavy (non-hydrogen) atoms. The normalized spacial score (nSPS) is 17.5. The summed E-state index contributed by atoms with van der Waals surface area (Å²) in [6.07, 6.45) is 9.98. The fourth-order valence-corrected chi connectivity index (χ4v) is 6.07. The minimum absolute atomic E-state index is 0.0521. The Morgan fingerprint density at radius 3 is 2.32 bits per heavy atom. The van der Waals surface area contributed by atoms with Gasteiger partial charge in [0.1, 0.15) is 11.5 Å². The number of rotatable bonds is 5. The van der Waals surface area contributed by atoms with E-state index in [0.29, 0.717) is 28.4 Å². The Hall–Kier alpha value is -3.29. The van der Waals surface area contributed by atoms with Crippen molar-refractivity contribution in [3.63, 3.8) is 0 Å². The number of carbonyl (C=O) groups is 1. The van der Waals surface area contributed by atoms with E-state index in [9.17, 15) is 9.59 Å². The van der Waals surface area contributed by atoms with Gasteiger partial charge < -0.3 is 10.2 Å². The molecule has 0 bridgehead atoms. The van der Waals surface area contributed by atoms with Crippen LogP contribution in [0.25, 0.3) is 11.0 Å². The molecule has 4 heterocycles. The lowest BCUT2D eigenvalue weighted by Gasteiger charge is -2.39. The average Bonchev–Trinajstić information content (AvgIpc) is 3.38. The van der Waals surface area contributed by atoms with Gasteiger partial charge in [-0.3, -0.25) is 14.2 Å². The van der Waals surface area contributed by atoms with Gasteiger partial charge in [0.25, 0.3) is 5.56 Å². The molecule has 3 aromatic rings. The predicted molar refractivity (Wildman–Crippen MR) is 148 cm³/mol. The number of anilines is 3. The second-order valence-corrected chi connectivity index (χ2v) is 11.8. The number of piperidine rings is 1. The zero-order chi connectivity index (χ0) is 26.3. The predicted octanol–water partition coefficient (Wildman–Crippen LogP) is 5.82. The second-order valence-electron chi connectivity index (χ2n) is 11.8. The van der Waals surface area contributed by atoms with Gasteiger partial charge in [-0.25, -0.2) is 9.97 Å². The van der Waals surface area contributed by atoms with E-state index in [2.05, 4.69) is 47.0 Å². The molecule has 1 saturated heterocycles. The first kappa shape index (κ1) is 25.4. The molecular weight excluding hydrogens is 464 g/mol. The fraction of sp³-hybridized carbons (Fsp3) is 0.552. The Morgan fingerprint density at radius 2 is 1.73 bits per heavy atom. The molecule has 5 rings (SSSR count). The number of hydrogen-bond donors (Lipinski definition) is 1. The molecule has 3 aromatic heterocycles. The molecule has 0 spiro atoms. The summed E-state index contributed by atoms with van der Waals surface area (Å²) >= 11 is 0. The van der Waals surface area contributed by atoms with E-state index in [-0.39, 0.29) is 22.9 Å². The molecule has 1 N–H and O–H groups in total. The summed E-state index contributed by atoms with van der Waals surface area (Å²) < 4.78 is 1.73. The number of nitrogens with zero attached hydrogens (tertiary/aromatic N) is 5. The van der Waals surface area contributed by atoms with Crippen LogP contribution in [0.5, 0.6) is 0 Å². The van der Waals surface area contributed by atoms with Crippen molar-refractivity contribution < 1.29 is 4.79 Å². The molecule has 0 amide bonds. The Bertz CT molecular complexity index is 1360. The van der Waals surface area contributed by atoms with Crippen LogP contribution in [0, 0.1) is 18.3 Å². The first-order valence-corrected chi connectivity index (χ1v) is 13.5. The summed E-state index contributed by atoms with van der Waals surface area (Å²) in [6.45, 7) is 12.4. The topological polar surface area (TPSA) is 93.0 Å². The van der Waals surface area contributed by atoms with Gasteiger partial charge in [-0.05, 0) is 68.6 Å². The third-order valence-electron chi connectivity index (χ3n) is 8.32. The monoisotopic (exact) mass is 502 g/mol. The first-order valence-electron chi connectivity index (χ1n) is 13.5. The summed E-state index contributed by atoms with van der Waals surface area (Å²) in [7, 11) is 0. The van der Waals surface area contributed by atoms with Crippen molar-refractivity contribution in [3.05, 3.63) is 46.0 Å². The van der Waals surface area contributed by atoms with Gasteiger partial charge in [-0.2, -0.15) is 4.98 Å². The molecule has 2 fully saturated rings. The van der Waals surface area contributed by atoms with E-state index in [1.54, 1.807) is 17.7 Å². The number of Topliss-reactive ketones (excluding diaryl/α,β-unsaturated/α-hetero) is 1. The molecule has 1 aliphatic heterocycles. The van der Waals surface area contributed by atoms with Gasteiger partial charge >= 0.3 is 0 Å². The number of carbonyl (C=O) groups excluding carboxylic acids is 1.